The van der Waals surface area contributed by atoms with Crippen LogP contribution in [-0.2, 0) is 30.6 Å². The first-order valence-corrected chi connectivity index (χ1v) is 9.60. The molecule has 0 N–H and O–H groups in total. The van der Waals surface area contributed by atoms with Gasteiger partial charge in [0.1, 0.15) is 0 Å². The summed E-state index contributed by atoms with van der Waals surface area (Å²) < 4.78 is 5.74. The van der Waals surface area contributed by atoms with E-state index in [1.807, 2.05) is 12.2 Å². The number of allylic oxidation sites excluding steroid dienone is 7. The van der Waals surface area contributed by atoms with Crippen molar-refractivity contribution in [2.75, 3.05) is 6.61 Å². The molecule has 0 unspecified atom stereocenters. The minimum atomic E-state index is -1.29. The maximum absolute atomic E-state index is 5.74. The molecule has 20 heavy (non-hydrogen) atoms. The molecule has 0 aromatic carbocycles. The molecule has 0 heterocycles. The number of halogens is 2. The van der Waals surface area contributed by atoms with Crippen LogP contribution in [0.15, 0.2) is 36.0 Å². The largest absolute Gasteiger partial charge is 2.00 e. The van der Waals surface area contributed by atoms with Crippen LogP contribution in [0, 0.1) is 12.2 Å². The fraction of sp³-hybridized carbons (Fsp3) is 0.467. The fourth-order valence-electron chi connectivity index (χ4n) is 1.43. The van der Waals surface area contributed by atoms with E-state index in [1.54, 1.807) is 0 Å². The molecule has 2 aliphatic rings. The van der Waals surface area contributed by atoms with E-state index < -0.39 is 8.32 Å². The van der Waals surface area contributed by atoms with Gasteiger partial charge in [0.2, 0.25) is 0 Å². The minimum Gasteiger partial charge on any atom is -0.419 e. The van der Waals surface area contributed by atoms with E-state index in [0.29, 0.717) is 0 Å². The van der Waals surface area contributed by atoms with Crippen molar-refractivity contribution in [2.45, 2.75) is 38.9 Å². The molecule has 0 bridgehead atoms. The van der Waals surface area contributed by atoms with Crippen molar-refractivity contribution >= 4 is 33.1 Å². The van der Waals surface area contributed by atoms with Crippen molar-refractivity contribution in [2.24, 2.45) is 0 Å². The summed E-state index contributed by atoms with van der Waals surface area (Å²) in [4.78, 5) is 0. The van der Waals surface area contributed by atoms with Crippen LogP contribution in [-0.4, -0.2) is 14.9 Å². The summed E-state index contributed by atoms with van der Waals surface area (Å²) in [6, 6.07) is 0. The third-order valence-corrected chi connectivity index (χ3v) is 3.35. The first-order chi connectivity index (χ1) is 8.08. The van der Waals surface area contributed by atoms with Gasteiger partial charge >= 0.3 is 26.2 Å². The Balaban J connectivity index is -0.000000312. The Morgan fingerprint density at radius 2 is 1.85 bits per heavy atom. The SMILES string of the molecule is C[Si](C)(C)OCCC1=CC[C-]=C1.Cl.Cl.[C-]1=CC=CC1.[Zr+2]. The molecular weight excluding hydrogens is 386 g/mol. The van der Waals surface area contributed by atoms with Gasteiger partial charge in [-0.25, -0.2) is 18.2 Å². The van der Waals surface area contributed by atoms with Gasteiger partial charge < -0.3 is 4.43 Å². The van der Waals surface area contributed by atoms with Crippen LogP contribution >= 0.6 is 24.8 Å². The Bertz CT molecular complexity index is 334. The zero-order chi connectivity index (χ0) is 12.6. The topological polar surface area (TPSA) is 9.23 Å². The van der Waals surface area contributed by atoms with Gasteiger partial charge in [-0.3, -0.25) is 12.2 Å². The van der Waals surface area contributed by atoms with Gasteiger partial charge in [0.25, 0.3) is 0 Å². The maximum Gasteiger partial charge on any atom is 2.00 e. The molecule has 0 saturated heterocycles. The molecule has 0 amide bonds. The summed E-state index contributed by atoms with van der Waals surface area (Å²) in [7, 11) is -1.29. The van der Waals surface area contributed by atoms with Crippen LogP contribution in [0.5, 0.6) is 0 Å². The van der Waals surface area contributed by atoms with E-state index in [0.717, 1.165) is 25.9 Å². The Morgan fingerprint density at radius 1 is 1.15 bits per heavy atom. The maximum atomic E-state index is 5.74. The first kappa shape index (κ1) is 25.5. The van der Waals surface area contributed by atoms with Crippen molar-refractivity contribution in [3.8, 4) is 0 Å². The Kier molecular flexibility index (Phi) is 18.6. The van der Waals surface area contributed by atoms with E-state index in [-0.39, 0.29) is 51.0 Å². The third-order valence-electron chi connectivity index (χ3n) is 2.28. The second-order valence-electron chi connectivity index (χ2n) is 5.05. The van der Waals surface area contributed by atoms with E-state index in [2.05, 4.69) is 50.0 Å². The molecule has 0 fully saturated rings. The molecule has 5 heteroatoms. The second kappa shape index (κ2) is 14.5. The minimum absolute atomic E-state index is 0. The first-order valence-electron chi connectivity index (χ1n) is 6.19. The molecule has 0 radical (unpaired) electrons. The molecule has 2 rings (SSSR count). The van der Waals surface area contributed by atoms with E-state index in [4.69, 9.17) is 4.43 Å². The van der Waals surface area contributed by atoms with Gasteiger partial charge in [-0.05, 0) is 19.6 Å². The van der Waals surface area contributed by atoms with Crippen molar-refractivity contribution in [3.63, 3.8) is 0 Å². The average Bonchev–Trinajstić information content (AvgIpc) is 2.91. The quantitative estimate of drug-likeness (QED) is 0.465. The third kappa shape index (κ3) is 15.0. The molecule has 0 saturated carbocycles. The van der Waals surface area contributed by atoms with Gasteiger partial charge in [-0.15, -0.1) is 37.7 Å². The van der Waals surface area contributed by atoms with Crippen molar-refractivity contribution < 1.29 is 30.6 Å². The van der Waals surface area contributed by atoms with Crippen LogP contribution in [0.3, 0.4) is 0 Å². The van der Waals surface area contributed by atoms with Gasteiger partial charge in [-0.1, -0.05) is 6.42 Å². The average molecular weight is 411 g/mol. The summed E-state index contributed by atoms with van der Waals surface area (Å²) in [6.45, 7) is 7.54. The van der Waals surface area contributed by atoms with Crippen LogP contribution in [0.1, 0.15) is 19.3 Å². The van der Waals surface area contributed by atoms with Crippen LogP contribution in [0.25, 0.3) is 0 Å². The molecule has 0 aromatic heterocycles. The summed E-state index contributed by atoms with van der Waals surface area (Å²) in [5, 5.41) is 0. The summed E-state index contributed by atoms with van der Waals surface area (Å²) >= 11 is 0. The van der Waals surface area contributed by atoms with Crippen molar-refractivity contribution in [1.82, 2.24) is 0 Å². The zero-order valence-electron chi connectivity index (χ0n) is 12.4. The van der Waals surface area contributed by atoms with Crippen LogP contribution in [0.4, 0.5) is 0 Å². The molecule has 112 valence electrons. The molecule has 0 aromatic rings. The summed E-state index contributed by atoms with van der Waals surface area (Å²) in [6.07, 6.45) is 19.5. The van der Waals surface area contributed by atoms with E-state index in [1.165, 1.54) is 5.57 Å². The molecule has 1 nitrogen and oxygen atoms in total. The number of rotatable bonds is 4. The summed E-state index contributed by atoms with van der Waals surface area (Å²) in [5.74, 6) is 0. The normalized spacial score (nSPS) is 14.4. The molecule has 0 spiro atoms. The van der Waals surface area contributed by atoms with Gasteiger partial charge in [0.15, 0.2) is 8.32 Å². The Morgan fingerprint density at radius 3 is 2.20 bits per heavy atom. The summed E-state index contributed by atoms with van der Waals surface area (Å²) in [5.41, 5.74) is 1.38. The number of hydrogen-bond donors (Lipinski definition) is 0. The van der Waals surface area contributed by atoms with Gasteiger partial charge in [-0.2, -0.15) is 17.7 Å². The Hall–Kier alpha value is 0.600. The molecule has 0 atom stereocenters. The molecule has 2 aliphatic carbocycles. The van der Waals surface area contributed by atoms with E-state index >= 15 is 0 Å². The van der Waals surface area contributed by atoms with E-state index in [9.17, 15) is 0 Å². The monoisotopic (exact) mass is 408 g/mol. The fourth-order valence-corrected chi connectivity index (χ4v) is 2.14. The Labute approximate surface area is 156 Å². The van der Waals surface area contributed by atoms with Crippen LogP contribution in [0.2, 0.25) is 19.6 Å². The van der Waals surface area contributed by atoms with Crippen molar-refractivity contribution in [1.29, 1.82) is 0 Å². The van der Waals surface area contributed by atoms with Gasteiger partial charge in [0, 0.05) is 6.61 Å². The standard InChI is InChI=1S/C10H17OSi.C5H5.2ClH.Zr/c1-12(2,3)11-9-8-10-6-4-5-7-10;1-2-4-5-3-1;;;/h6-7H,4,8-9H2,1-3H3;1-3H,4H2;2*1H;/q2*-1;;;+2. The van der Waals surface area contributed by atoms with Gasteiger partial charge in [0.05, 0.1) is 0 Å². The smallest absolute Gasteiger partial charge is 0.419 e. The molecular formula is C15H24Cl2OSiZr. The second-order valence-corrected chi connectivity index (χ2v) is 9.56. The predicted molar refractivity (Wildman–Crippen MR) is 90.5 cm³/mol. The van der Waals surface area contributed by atoms with Crippen LogP contribution < -0.4 is 0 Å². The predicted octanol–water partition coefficient (Wildman–Crippen LogP) is 5.06. The number of hydrogen-bond acceptors (Lipinski definition) is 1. The zero-order valence-corrected chi connectivity index (χ0v) is 17.5. The van der Waals surface area contributed by atoms with Crippen molar-refractivity contribution in [3.05, 3.63) is 48.1 Å². The molecule has 0 aliphatic heterocycles.